The minimum absolute atomic E-state index is 0. The van der Waals surface area contributed by atoms with Gasteiger partial charge in [0.05, 0.1) is 7.05 Å². The number of hydrogen-bond donors (Lipinski definition) is 1. The van der Waals surface area contributed by atoms with Crippen molar-refractivity contribution in [2.24, 2.45) is 7.05 Å². The Morgan fingerprint density at radius 3 is 1.15 bits per heavy atom. The molecule has 1 heterocycles. The molecular weight excluding hydrogens is 677 g/mol. The van der Waals surface area contributed by atoms with Crippen LogP contribution < -0.4 is 22.3 Å². The van der Waals surface area contributed by atoms with Gasteiger partial charge in [0.2, 0.25) is 6.33 Å². The maximum atomic E-state index is 4.08. The first kappa shape index (κ1) is 53.9. The molecule has 1 aromatic rings. The average Bonchev–Trinajstić information content (AvgIpc) is 3.56. The van der Waals surface area contributed by atoms with Crippen LogP contribution in [0.3, 0.4) is 0 Å². The largest absolute Gasteiger partial charge is 1.00 e. The van der Waals surface area contributed by atoms with E-state index in [-0.39, 0.29) is 24.8 Å². The number of nitrogens with zero attached hydrogens (tertiary/aromatic N) is 2. The smallest absolute Gasteiger partial charge is 0.243 e. The van der Waals surface area contributed by atoms with Gasteiger partial charge < -0.3 is 17.7 Å². The Morgan fingerprint density at radius 2 is 0.769 bits per heavy atom. The van der Waals surface area contributed by atoms with E-state index in [4.69, 9.17) is 0 Å². The van der Waals surface area contributed by atoms with Gasteiger partial charge in [-0.1, -0.05) is 213 Å². The molecule has 0 saturated heterocycles. The summed E-state index contributed by atoms with van der Waals surface area (Å²) in [5.74, 6) is 0. The lowest BCUT2D eigenvalue weighted by Gasteiger charge is -2.20. The second-order valence-electron chi connectivity index (χ2n) is 16.6. The summed E-state index contributed by atoms with van der Waals surface area (Å²) in [7, 11) is 2.17. The molecule has 0 aliphatic heterocycles. The molecule has 0 aromatic carbocycles. The SMILES string of the molecule is CCCCCCCCCCCCCCCCCCNC(CCCCCCCCCC)CCCC(CCCCCCCCCC)[n+]1ccn(C)c1.Cl.[Cl-]. The number of imidazole rings is 1. The number of nitrogens with one attached hydrogen (secondary N) is 1. The molecule has 0 bridgehead atoms. The molecule has 312 valence electrons. The normalized spacial score (nSPS) is 12.5. The molecule has 0 fully saturated rings. The van der Waals surface area contributed by atoms with E-state index in [0.29, 0.717) is 6.04 Å². The summed E-state index contributed by atoms with van der Waals surface area (Å²) >= 11 is 0. The number of rotatable bonds is 41. The van der Waals surface area contributed by atoms with Crippen molar-refractivity contribution >= 4 is 12.4 Å². The highest BCUT2D eigenvalue weighted by molar-refractivity contribution is 5.85. The summed E-state index contributed by atoms with van der Waals surface area (Å²) in [6, 6.07) is 1.39. The quantitative estimate of drug-likeness (QED) is 0.0519. The van der Waals surface area contributed by atoms with Crippen LogP contribution in [0.15, 0.2) is 18.7 Å². The van der Waals surface area contributed by atoms with Gasteiger partial charge in [-0.05, 0) is 51.5 Å². The first-order chi connectivity index (χ1) is 24.7. The molecule has 0 radical (unpaired) electrons. The molecule has 0 aliphatic carbocycles. The van der Waals surface area contributed by atoms with Crippen molar-refractivity contribution in [1.29, 1.82) is 0 Å². The monoisotopic (exact) mass is 772 g/mol. The average molecular weight is 773 g/mol. The Hall–Kier alpha value is -0.250. The van der Waals surface area contributed by atoms with Gasteiger partial charge in [-0.3, -0.25) is 0 Å². The van der Waals surface area contributed by atoms with Gasteiger partial charge >= 0.3 is 0 Å². The summed E-state index contributed by atoms with van der Waals surface area (Å²) in [4.78, 5) is 0. The molecular formula is C47H95Cl2N3. The zero-order valence-corrected chi connectivity index (χ0v) is 37.5. The van der Waals surface area contributed by atoms with Crippen molar-refractivity contribution in [2.45, 2.75) is 270 Å². The molecule has 0 aliphatic rings. The van der Waals surface area contributed by atoms with E-state index in [1.165, 1.54) is 244 Å². The van der Waals surface area contributed by atoms with Crippen LogP contribution in [0.2, 0.25) is 0 Å². The summed E-state index contributed by atoms with van der Waals surface area (Å²) in [6.45, 7) is 8.19. The Balaban J connectivity index is 0. The van der Waals surface area contributed by atoms with Crippen LogP contribution in [0.1, 0.15) is 264 Å². The molecule has 2 atom stereocenters. The van der Waals surface area contributed by atoms with Gasteiger partial charge in [-0.25, -0.2) is 9.13 Å². The minimum atomic E-state index is 0. The first-order valence-electron chi connectivity index (χ1n) is 23.5. The van der Waals surface area contributed by atoms with Crippen LogP contribution in [0.4, 0.5) is 0 Å². The van der Waals surface area contributed by atoms with Gasteiger partial charge in [0.15, 0.2) is 0 Å². The molecule has 5 heteroatoms. The van der Waals surface area contributed by atoms with E-state index < -0.39 is 0 Å². The molecule has 1 N–H and O–H groups in total. The van der Waals surface area contributed by atoms with Gasteiger partial charge in [-0.2, -0.15) is 0 Å². The molecule has 2 unspecified atom stereocenters. The molecule has 1 aromatic heterocycles. The van der Waals surface area contributed by atoms with Gasteiger partial charge in [0.1, 0.15) is 18.4 Å². The molecule has 1 rings (SSSR count). The zero-order valence-electron chi connectivity index (χ0n) is 35.9. The topological polar surface area (TPSA) is 20.8 Å². The highest BCUT2D eigenvalue weighted by atomic mass is 35.5. The Labute approximate surface area is 340 Å². The predicted molar refractivity (Wildman–Crippen MR) is 232 cm³/mol. The lowest BCUT2D eigenvalue weighted by atomic mass is 9.97. The number of hydrogen-bond acceptors (Lipinski definition) is 1. The van der Waals surface area contributed by atoms with Crippen molar-refractivity contribution in [3.63, 3.8) is 0 Å². The van der Waals surface area contributed by atoms with Crippen molar-refractivity contribution in [1.82, 2.24) is 9.88 Å². The third kappa shape index (κ3) is 35.5. The van der Waals surface area contributed by atoms with Crippen LogP contribution in [0.5, 0.6) is 0 Å². The van der Waals surface area contributed by atoms with Crippen molar-refractivity contribution in [2.75, 3.05) is 6.54 Å². The molecule has 52 heavy (non-hydrogen) atoms. The third-order valence-electron chi connectivity index (χ3n) is 11.6. The number of halogens is 2. The van der Waals surface area contributed by atoms with Crippen molar-refractivity contribution in [3.05, 3.63) is 18.7 Å². The Morgan fingerprint density at radius 1 is 0.442 bits per heavy atom. The lowest BCUT2D eigenvalue weighted by Crippen LogP contribution is -3.00. The Bertz CT molecular complexity index is 784. The maximum absolute atomic E-state index is 4.08. The second-order valence-corrected chi connectivity index (χ2v) is 16.6. The van der Waals surface area contributed by atoms with Crippen molar-refractivity contribution < 1.29 is 17.0 Å². The maximum Gasteiger partial charge on any atom is 0.243 e. The van der Waals surface area contributed by atoms with E-state index >= 15 is 0 Å². The molecule has 3 nitrogen and oxygen atoms in total. The fourth-order valence-electron chi connectivity index (χ4n) is 8.09. The molecule has 0 amide bonds. The van der Waals surface area contributed by atoms with Crippen LogP contribution in [0.25, 0.3) is 0 Å². The fraction of sp³-hybridized carbons (Fsp3) is 0.936. The lowest BCUT2D eigenvalue weighted by molar-refractivity contribution is -0.724. The summed E-state index contributed by atoms with van der Waals surface area (Å²) < 4.78 is 4.75. The van der Waals surface area contributed by atoms with Crippen LogP contribution in [-0.2, 0) is 7.05 Å². The zero-order chi connectivity index (χ0) is 36.0. The second kappa shape index (κ2) is 43.5. The summed E-state index contributed by atoms with van der Waals surface area (Å²) in [5, 5.41) is 4.08. The fourth-order valence-corrected chi connectivity index (χ4v) is 8.09. The molecule has 0 saturated carbocycles. The van der Waals surface area contributed by atoms with Gasteiger partial charge in [0, 0.05) is 6.04 Å². The number of aromatic nitrogens is 2. The standard InChI is InChI=1S/C47H94N3.2ClH/c1-5-8-11-14-17-20-21-22-23-24-25-26-27-30-33-36-42-48-46(38-34-31-28-18-15-12-9-6-2)39-37-41-47(50-44-43-49(4)45-50)40-35-32-29-19-16-13-10-7-3;;/h43-48H,5-42H2,1-4H3;2*1H/q+1;;/p-1. The highest BCUT2D eigenvalue weighted by Gasteiger charge is 2.17. The number of aryl methyl sites for hydroxylation is 1. The Kier molecular flexibility index (Phi) is 45.0. The summed E-state index contributed by atoms with van der Waals surface area (Å²) in [5.41, 5.74) is 0. The van der Waals surface area contributed by atoms with Gasteiger partial charge in [-0.15, -0.1) is 12.4 Å². The van der Waals surface area contributed by atoms with E-state index in [2.05, 4.69) is 61.0 Å². The van der Waals surface area contributed by atoms with Gasteiger partial charge in [0.25, 0.3) is 0 Å². The van der Waals surface area contributed by atoms with E-state index in [0.717, 1.165) is 6.04 Å². The highest BCUT2D eigenvalue weighted by Crippen LogP contribution is 2.21. The summed E-state index contributed by atoms with van der Waals surface area (Å²) in [6.07, 6.45) is 59.6. The van der Waals surface area contributed by atoms with Crippen molar-refractivity contribution in [3.8, 4) is 0 Å². The first-order valence-corrected chi connectivity index (χ1v) is 23.5. The van der Waals surface area contributed by atoms with E-state index in [1.54, 1.807) is 0 Å². The van der Waals surface area contributed by atoms with E-state index in [1.807, 2.05) is 0 Å². The van der Waals surface area contributed by atoms with E-state index in [9.17, 15) is 0 Å². The van der Waals surface area contributed by atoms with Crippen LogP contribution in [0, 0.1) is 0 Å². The number of unbranched alkanes of at least 4 members (excludes halogenated alkanes) is 29. The van der Waals surface area contributed by atoms with Crippen LogP contribution >= 0.6 is 12.4 Å². The third-order valence-corrected chi connectivity index (χ3v) is 11.6. The van der Waals surface area contributed by atoms with Crippen LogP contribution in [-0.4, -0.2) is 17.2 Å². The minimum Gasteiger partial charge on any atom is -1.00 e. The molecule has 0 spiro atoms. The predicted octanol–water partition coefficient (Wildman–Crippen LogP) is 12.7.